The number of hydrogen-bond donors (Lipinski definition) is 0. The third-order valence-electron chi connectivity index (χ3n) is 6.54. The second kappa shape index (κ2) is 12.3. The minimum atomic E-state index is 0.756. The van der Waals surface area contributed by atoms with Gasteiger partial charge < -0.3 is 9.47 Å². The van der Waals surface area contributed by atoms with Crippen molar-refractivity contribution in [2.24, 2.45) is 23.7 Å². The van der Waals surface area contributed by atoms with Crippen molar-refractivity contribution in [3.05, 3.63) is 0 Å². The molecular formula is C22H42O2. The molecule has 24 heavy (non-hydrogen) atoms. The topological polar surface area (TPSA) is 18.5 Å². The summed E-state index contributed by atoms with van der Waals surface area (Å²) in [6, 6.07) is 0. The van der Waals surface area contributed by atoms with E-state index in [0.29, 0.717) is 0 Å². The van der Waals surface area contributed by atoms with Gasteiger partial charge >= 0.3 is 0 Å². The van der Waals surface area contributed by atoms with E-state index in [-0.39, 0.29) is 0 Å². The molecule has 0 aromatic carbocycles. The lowest BCUT2D eigenvalue weighted by Crippen LogP contribution is -2.21. The van der Waals surface area contributed by atoms with Gasteiger partial charge in [-0.25, -0.2) is 0 Å². The molecule has 2 aliphatic rings. The highest BCUT2D eigenvalue weighted by Crippen LogP contribution is 2.37. The highest BCUT2D eigenvalue weighted by Gasteiger charge is 2.24. The molecule has 142 valence electrons. The van der Waals surface area contributed by atoms with Crippen molar-refractivity contribution in [2.75, 3.05) is 26.4 Å². The van der Waals surface area contributed by atoms with E-state index in [1.807, 2.05) is 6.92 Å². The summed E-state index contributed by atoms with van der Waals surface area (Å²) in [5.74, 6) is 3.94. The largest absolute Gasteiger partial charge is 0.379 e. The van der Waals surface area contributed by atoms with E-state index in [2.05, 4.69) is 6.92 Å². The Hall–Kier alpha value is -0.0800. The van der Waals surface area contributed by atoms with Gasteiger partial charge in [0.1, 0.15) is 0 Å². The van der Waals surface area contributed by atoms with E-state index in [4.69, 9.17) is 9.47 Å². The van der Waals surface area contributed by atoms with Gasteiger partial charge in [-0.2, -0.15) is 0 Å². The molecule has 0 radical (unpaired) electrons. The molecule has 2 saturated carbocycles. The Balaban J connectivity index is 1.48. The first-order chi connectivity index (χ1) is 11.8. The Morgan fingerprint density at radius 3 is 1.54 bits per heavy atom. The number of rotatable bonds is 11. The lowest BCUT2D eigenvalue weighted by atomic mass is 9.75. The van der Waals surface area contributed by atoms with E-state index in [0.717, 1.165) is 50.1 Å². The van der Waals surface area contributed by atoms with Crippen molar-refractivity contribution < 1.29 is 9.47 Å². The first kappa shape index (κ1) is 20.2. The van der Waals surface area contributed by atoms with Crippen LogP contribution in [0.3, 0.4) is 0 Å². The summed E-state index contributed by atoms with van der Waals surface area (Å²) in [6.07, 6.45) is 17.6. The average molecular weight is 339 g/mol. The SMILES string of the molecule is CCCC1CCC(CCC2CCC(COCCOCC)CC2)CC1. The third-order valence-corrected chi connectivity index (χ3v) is 6.54. The molecule has 0 aromatic rings. The van der Waals surface area contributed by atoms with Crippen molar-refractivity contribution in [3.63, 3.8) is 0 Å². The van der Waals surface area contributed by atoms with E-state index in [1.165, 1.54) is 77.0 Å². The van der Waals surface area contributed by atoms with Gasteiger partial charge in [-0.15, -0.1) is 0 Å². The Bertz CT molecular complexity index is 288. The minimum absolute atomic E-state index is 0.756. The first-order valence-electron chi connectivity index (χ1n) is 11.0. The summed E-state index contributed by atoms with van der Waals surface area (Å²) in [6.45, 7) is 7.67. The molecular weight excluding hydrogens is 296 g/mol. The van der Waals surface area contributed by atoms with E-state index in [1.54, 1.807) is 0 Å². The van der Waals surface area contributed by atoms with Crippen LogP contribution in [0.2, 0.25) is 0 Å². The predicted molar refractivity (Wildman–Crippen MR) is 102 cm³/mol. The molecule has 2 fully saturated rings. The van der Waals surface area contributed by atoms with E-state index < -0.39 is 0 Å². The molecule has 2 heteroatoms. The molecule has 0 N–H and O–H groups in total. The zero-order chi connectivity index (χ0) is 17.0. The zero-order valence-electron chi connectivity index (χ0n) is 16.4. The highest BCUT2D eigenvalue weighted by molar-refractivity contribution is 4.76. The summed E-state index contributed by atoms with van der Waals surface area (Å²) in [7, 11) is 0. The first-order valence-corrected chi connectivity index (χ1v) is 11.0. The standard InChI is InChI=1S/C22H42O2/c1-3-5-19-6-8-20(9-7-19)10-11-21-12-14-22(15-13-21)18-24-17-16-23-4-2/h19-22H,3-18H2,1-2H3. The van der Waals surface area contributed by atoms with Gasteiger partial charge in [0.2, 0.25) is 0 Å². The van der Waals surface area contributed by atoms with Gasteiger partial charge in [0.25, 0.3) is 0 Å². The fraction of sp³-hybridized carbons (Fsp3) is 1.00. The van der Waals surface area contributed by atoms with Gasteiger partial charge in [0.15, 0.2) is 0 Å². The predicted octanol–water partition coefficient (Wildman–Crippen LogP) is 6.23. The second-order valence-electron chi connectivity index (χ2n) is 8.41. The van der Waals surface area contributed by atoms with Crippen LogP contribution in [0, 0.1) is 23.7 Å². The molecule has 0 saturated heterocycles. The molecule has 0 heterocycles. The van der Waals surface area contributed by atoms with E-state index in [9.17, 15) is 0 Å². The van der Waals surface area contributed by atoms with Crippen molar-refractivity contribution in [1.29, 1.82) is 0 Å². The molecule has 0 unspecified atom stereocenters. The maximum atomic E-state index is 5.77. The fourth-order valence-corrected chi connectivity index (χ4v) is 4.89. The molecule has 2 nitrogen and oxygen atoms in total. The molecule has 0 aliphatic heterocycles. The second-order valence-corrected chi connectivity index (χ2v) is 8.41. The summed E-state index contributed by atoms with van der Waals surface area (Å²) in [5.41, 5.74) is 0. The van der Waals surface area contributed by atoms with Crippen LogP contribution in [0.15, 0.2) is 0 Å². The maximum absolute atomic E-state index is 5.77. The van der Waals surface area contributed by atoms with Crippen molar-refractivity contribution >= 4 is 0 Å². The summed E-state index contributed by atoms with van der Waals surface area (Å²) in [4.78, 5) is 0. The minimum Gasteiger partial charge on any atom is -0.379 e. The Morgan fingerprint density at radius 1 is 0.583 bits per heavy atom. The quantitative estimate of drug-likeness (QED) is 0.416. The summed E-state index contributed by atoms with van der Waals surface area (Å²) < 4.78 is 11.1. The molecule has 0 spiro atoms. The lowest BCUT2D eigenvalue weighted by molar-refractivity contribution is 0.0278. The molecule has 0 bridgehead atoms. The Kier molecular flexibility index (Phi) is 10.4. The van der Waals surface area contributed by atoms with Gasteiger partial charge in [-0.1, -0.05) is 71.1 Å². The molecule has 2 aliphatic carbocycles. The van der Waals surface area contributed by atoms with Crippen molar-refractivity contribution in [3.8, 4) is 0 Å². The van der Waals surface area contributed by atoms with Crippen LogP contribution in [0.4, 0.5) is 0 Å². The molecule has 2 rings (SSSR count). The summed E-state index contributed by atoms with van der Waals surface area (Å²) >= 11 is 0. The van der Waals surface area contributed by atoms with Gasteiger partial charge in [0.05, 0.1) is 13.2 Å². The average Bonchev–Trinajstić information content (AvgIpc) is 2.62. The fourth-order valence-electron chi connectivity index (χ4n) is 4.89. The highest BCUT2D eigenvalue weighted by atomic mass is 16.5. The van der Waals surface area contributed by atoms with Crippen molar-refractivity contribution in [1.82, 2.24) is 0 Å². The Labute approximate surface area is 151 Å². The van der Waals surface area contributed by atoms with Crippen LogP contribution >= 0.6 is 0 Å². The van der Waals surface area contributed by atoms with Gasteiger partial charge in [-0.05, 0) is 43.4 Å². The number of hydrogen-bond acceptors (Lipinski definition) is 2. The van der Waals surface area contributed by atoms with Crippen LogP contribution in [-0.2, 0) is 9.47 Å². The normalized spacial score (nSPS) is 31.2. The molecule has 0 aromatic heterocycles. The van der Waals surface area contributed by atoms with Crippen molar-refractivity contribution in [2.45, 2.75) is 90.9 Å². The van der Waals surface area contributed by atoms with Gasteiger partial charge in [-0.3, -0.25) is 0 Å². The third kappa shape index (κ3) is 7.87. The van der Waals surface area contributed by atoms with Crippen LogP contribution in [0.1, 0.15) is 90.9 Å². The maximum Gasteiger partial charge on any atom is 0.0700 e. The molecule has 0 atom stereocenters. The lowest BCUT2D eigenvalue weighted by Gasteiger charge is -2.32. The van der Waals surface area contributed by atoms with E-state index >= 15 is 0 Å². The van der Waals surface area contributed by atoms with Crippen LogP contribution in [0.5, 0.6) is 0 Å². The monoisotopic (exact) mass is 338 g/mol. The van der Waals surface area contributed by atoms with Crippen LogP contribution < -0.4 is 0 Å². The van der Waals surface area contributed by atoms with Gasteiger partial charge in [0, 0.05) is 13.2 Å². The summed E-state index contributed by atoms with van der Waals surface area (Å²) in [5, 5.41) is 0. The Morgan fingerprint density at radius 2 is 1.04 bits per heavy atom. The zero-order valence-corrected chi connectivity index (χ0v) is 16.4. The molecule has 0 amide bonds. The smallest absolute Gasteiger partial charge is 0.0700 e. The van der Waals surface area contributed by atoms with Crippen LogP contribution in [0.25, 0.3) is 0 Å². The van der Waals surface area contributed by atoms with Crippen LogP contribution in [-0.4, -0.2) is 26.4 Å². The number of ether oxygens (including phenoxy) is 2.